The van der Waals surface area contributed by atoms with Gasteiger partial charge in [-0.3, -0.25) is 9.36 Å². The van der Waals surface area contributed by atoms with Crippen molar-refractivity contribution in [3.05, 3.63) is 26.9 Å². The van der Waals surface area contributed by atoms with Crippen molar-refractivity contribution in [2.45, 2.75) is 38.8 Å². The average Bonchev–Trinajstić information content (AvgIpc) is 2.26. The second-order valence-electron chi connectivity index (χ2n) is 3.89. The number of nitrogens with zero attached hydrogens (tertiary/aromatic N) is 2. The van der Waals surface area contributed by atoms with E-state index in [0.29, 0.717) is 25.8 Å². The number of carbonyl (C=O) groups is 1. The van der Waals surface area contributed by atoms with E-state index < -0.39 is 23.5 Å². The zero-order valence-electron chi connectivity index (χ0n) is 9.96. The Morgan fingerprint density at radius 2 is 2.17 bits per heavy atom. The quantitative estimate of drug-likeness (QED) is 0.631. The summed E-state index contributed by atoms with van der Waals surface area (Å²) in [4.78, 5) is 36.1. The van der Waals surface area contributed by atoms with Crippen molar-refractivity contribution in [2.24, 2.45) is 5.73 Å². The van der Waals surface area contributed by atoms with Crippen molar-refractivity contribution in [2.75, 3.05) is 0 Å². The highest BCUT2D eigenvalue weighted by molar-refractivity contribution is 5.72. The number of unbranched alkanes of at least 4 members (excludes halogenated alkanes) is 1. The molecule has 18 heavy (non-hydrogen) atoms. The Bertz CT molecular complexity index is 533. The van der Waals surface area contributed by atoms with Crippen molar-refractivity contribution in [3.8, 4) is 0 Å². The van der Waals surface area contributed by atoms with Crippen molar-refractivity contribution < 1.29 is 14.3 Å². The molecule has 1 rings (SSSR count). The van der Waals surface area contributed by atoms with E-state index in [0.717, 1.165) is 0 Å². The molecule has 1 unspecified atom stereocenters. The molecule has 8 nitrogen and oxygen atoms in total. The molecule has 0 aliphatic heterocycles. The van der Waals surface area contributed by atoms with Crippen LogP contribution in [0.4, 0.5) is 0 Å². The molecule has 100 valence electrons. The molecule has 1 aromatic heterocycles. The first kappa shape index (κ1) is 14.1. The minimum atomic E-state index is -1.05. The molecule has 1 atom stereocenters. The number of aliphatic carboxylic acids is 1. The molecule has 0 aromatic carbocycles. The Balaban J connectivity index is 2.53. The lowest BCUT2D eigenvalue weighted by molar-refractivity contribution is -0.138. The van der Waals surface area contributed by atoms with E-state index in [4.69, 9.17) is 10.8 Å². The van der Waals surface area contributed by atoms with Gasteiger partial charge in [-0.05, 0) is 26.2 Å². The number of hydrogen-bond donors (Lipinski definition) is 2. The lowest BCUT2D eigenvalue weighted by atomic mass is 10.1. The van der Waals surface area contributed by atoms with Crippen molar-refractivity contribution >= 4 is 5.97 Å². The van der Waals surface area contributed by atoms with Crippen LogP contribution in [0.25, 0.3) is 0 Å². The Morgan fingerprint density at radius 1 is 1.50 bits per heavy atom. The van der Waals surface area contributed by atoms with Crippen LogP contribution in [0.2, 0.25) is 0 Å². The standard InChI is InChI=1S/C10H15N3O5/c1-6-12-9(16)18-10(17)13(6)5-3-2-4-7(11)8(14)15/h7H,2-5,11H2,1H3,(H,14,15). The maximum absolute atomic E-state index is 11.3. The highest BCUT2D eigenvalue weighted by Crippen LogP contribution is 2.01. The normalized spacial score (nSPS) is 12.3. The second kappa shape index (κ2) is 6.10. The van der Waals surface area contributed by atoms with Crippen LogP contribution in [0.5, 0.6) is 0 Å². The van der Waals surface area contributed by atoms with Gasteiger partial charge >= 0.3 is 17.5 Å². The number of rotatable bonds is 6. The van der Waals surface area contributed by atoms with Gasteiger partial charge in [0.1, 0.15) is 11.9 Å². The third-order valence-corrected chi connectivity index (χ3v) is 2.50. The maximum atomic E-state index is 11.3. The maximum Gasteiger partial charge on any atom is 0.444 e. The number of carboxylic acid groups (broad SMARTS) is 1. The van der Waals surface area contributed by atoms with Gasteiger partial charge in [0, 0.05) is 6.54 Å². The lowest BCUT2D eigenvalue weighted by Crippen LogP contribution is -2.30. The van der Waals surface area contributed by atoms with Gasteiger partial charge in [0.2, 0.25) is 0 Å². The molecule has 0 radical (unpaired) electrons. The van der Waals surface area contributed by atoms with Crippen LogP contribution >= 0.6 is 0 Å². The molecular weight excluding hydrogens is 242 g/mol. The number of aromatic nitrogens is 2. The van der Waals surface area contributed by atoms with E-state index in [9.17, 15) is 14.4 Å². The van der Waals surface area contributed by atoms with Gasteiger partial charge in [0.05, 0.1) is 0 Å². The molecule has 0 saturated carbocycles. The Kier molecular flexibility index (Phi) is 4.78. The molecule has 0 spiro atoms. The highest BCUT2D eigenvalue weighted by Gasteiger charge is 2.11. The van der Waals surface area contributed by atoms with Gasteiger partial charge in [0.25, 0.3) is 0 Å². The SMILES string of the molecule is Cc1nc(=O)oc(=O)n1CCCCC(N)C(=O)O. The monoisotopic (exact) mass is 257 g/mol. The Labute approximate surface area is 102 Å². The molecule has 3 N–H and O–H groups in total. The molecule has 0 bridgehead atoms. The van der Waals surface area contributed by atoms with Crippen molar-refractivity contribution in [1.29, 1.82) is 0 Å². The lowest BCUT2D eigenvalue weighted by Gasteiger charge is -2.08. The van der Waals surface area contributed by atoms with Crippen LogP contribution in [-0.4, -0.2) is 26.7 Å². The zero-order valence-corrected chi connectivity index (χ0v) is 9.96. The van der Waals surface area contributed by atoms with Gasteiger partial charge < -0.3 is 15.3 Å². The first-order valence-corrected chi connectivity index (χ1v) is 5.49. The van der Waals surface area contributed by atoms with E-state index in [1.807, 2.05) is 0 Å². The smallest absolute Gasteiger partial charge is 0.444 e. The molecule has 1 heterocycles. The number of hydrogen-bond acceptors (Lipinski definition) is 6. The van der Waals surface area contributed by atoms with Gasteiger partial charge in [-0.25, -0.2) is 9.59 Å². The van der Waals surface area contributed by atoms with E-state index in [1.54, 1.807) is 0 Å². The summed E-state index contributed by atoms with van der Waals surface area (Å²) in [6.07, 6.45) is 1.43. The highest BCUT2D eigenvalue weighted by atomic mass is 16.4. The summed E-state index contributed by atoms with van der Waals surface area (Å²) < 4.78 is 5.56. The minimum absolute atomic E-state index is 0.277. The molecular formula is C10H15N3O5. The minimum Gasteiger partial charge on any atom is -0.480 e. The van der Waals surface area contributed by atoms with Crippen molar-refractivity contribution in [3.63, 3.8) is 0 Å². The topological polar surface area (TPSA) is 128 Å². The first-order valence-electron chi connectivity index (χ1n) is 5.49. The van der Waals surface area contributed by atoms with Crippen LogP contribution in [0, 0.1) is 6.92 Å². The van der Waals surface area contributed by atoms with E-state index in [-0.39, 0.29) is 5.82 Å². The fraction of sp³-hybridized carbons (Fsp3) is 0.600. The van der Waals surface area contributed by atoms with Crippen LogP contribution in [0.3, 0.4) is 0 Å². The zero-order chi connectivity index (χ0) is 13.7. The summed E-state index contributed by atoms with van der Waals surface area (Å²) in [5.41, 5.74) is 5.34. The third-order valence-electron chi connectivity index (χ3n) is 2.50. The van der Waals surface area contributed by atoms with Crippen molar-refractivity contribution in [1.82, 2.24) is 9.55 Å². The van der Waals surface area contributed by atoms with E-state index in [1.165, 1.54) is 11.5 Å². The third kappa shape index (κ3) is 3.81. The van der Waals surface area contributed by atoms with Gasteiger partial charge in [-0.15, -0.1) is 0 Å². The molecule has 1 aromatic rings. The molecule has 0 amide bonds. The van der Waals surface area contributed by atoms with Crippen LogP contribution in [0.15, 0.2) is 14.0 Å². The van der Waals surface area contributed by atoms with Gasteiger partial charge in [-0.1, -0.05) is 0 Å². The van der Waals surface area contributed by atoms with Gasteiger partial charge in [0.15, 0.2) is 0 Å². The predicted octanol–water partition coefficient (Wildman–Crippen LogP) is -0.913. The predicted molar refractivity (Wildman–Crippen MR) is 61.2 cm³/mol. The summed E-state index contributed by atoms with van der Waals surface area (Å²) >= 11 is 0. The second-order valence-corrected chi connectivity index (χ2v) is 3.89. The Morgan fingerprint density at radius 3 is 2.72 bits per heavy atom. The molecule has 0 aliphatic rings. The van der Waals surface area contributed by atoms with Crippen LogP contribution in [-0.2, 0) is 11.3 Å². The molecule has 8 heteroatoms. The van der Waals surface area contributed by atoms with Crippen LogP contribution < -0.4 is 17.2 Å². The summed E-state index contributed by atoms with van der Waals surface area (Å²) in [7, 11) is 0. The summed E-state index contributed by atoms with van der Waals surface area (Å²) in [6, 6.07) is -0.894. The number of aryl methyl sites for hydroxylation is 1. The number of nitrogens with two attached hydrogens (primary N) is 1. The van der Waals surface area contributed by atoms with Gasteiger partial charge in [-0.2, -0.15) is 4.98 Å². The summed E-state index contributed by atoms with van der Waals surface area (Å²) in [5.74, 6) is -2.44. The summed E-state index contributed by atoms with van der Waals surface area (Å²) in [6.45, 7) is 1.84. The molecule has 0 fully saturated rings. The fourth-order valence-electron chi connectivity index (χ4n) is 1.49. The van der Waals surface area contributed by atoms with Crippen LogP contribution in [0.1, 0.15) is 25.1 Å². The average molecular weight is 257 g/mol. The fourth-order valence-corrected chi connectivity index (χ4v) is 1.49. The van der Waals surface area contributed by atoms with E-state index >= 15 is 0 Å². The summed E-state index contributed by atoms with van der Waals surface area (Å²) in [5, 5.41) is 8.58. The molecule has 0 aliphatic carbocycles. The first-order chi connectivity index (χ1) is 8.41. The largest absolute Gasteiger partial charge is 0.480 e. The Hall–Kier alpha value is -1.96. The van der Waals surface area contributed by atoms with E-state index in [2.05, 4.69) is 9.40 Å². The number of carboxylic acids is 1. The molecule has 0 saturated heterocycles.